The Balaban J connectivity index is 1.71. The number of urea groups is 1. The van der Waals surface area contributed by atoms with Crippen LogP contribution in [0.25, 0.3) is 0 Å². The van der Waals surface area contributed by atoms with E-state index < -0.39 is 0 Å². The van der Waals surface area contributed by atoms with E-state index in [1.165, 1.54) is 5.56 Å². The van der Waals surface area contributed by atoms with Gasteiger partial charge in [-0.2, -0.15) is 0 Å². The second-order valence-corrected chi connectivity index (χ2v) is 6.05. The maximum atomic E-state index is 12.0. The lowest BCUT2D eigenvalue weighted by Gasteiger charge is -2.25. The third kappa shape index (κ3) is 6.29. The molecular formula is C20H27N3O3. The highest BCUT2D eigenvalue weighted by Gasteiger charge is 2.14. The van der Waals surface area contributed by atoms with Gasteiger partial charge in [-0.25, -0.2) is 4.79 Å². The Kier molecular flexibility index (Phi) is 7.76. The third-order valence-corrected chi connectivity index (χ3v) is 3.96. The maximum Gasteiger partial charge on any atom is 0.314 e. The number of likely N-dealkylation sites (N-methyl/N-ethyl adjacent to an activating group) is 1. The number of methoxy groups -OCH3 is 1. The van der Waals surface area contributed by atoms with Crippen LogP contribution >= 0.6 is 0 Å². The first-order valence-electron chi connectivity index (χ1n) is 8.60. The zero-order chi connectivity index (χ0) is 18.8. The van der Waals surface area contributed by atoms with Gasteiger partial charge in [0, 0.05) is 12.6 Å². The van der Waals surface area contributed by atoms with E-state index >= 15 is 0 Å². The molecule has 2 amide bonds. The van der Waals surface area contributed by atoms with Gasteiger partial charge in [0.2, 0.25) is 0 Å². The zero-order valence-corrected chi connectivity index (χ0v) is 15.6. The number of ether oxygens (including phenoxy) is 2. The Labute approximate surface area is 155 Å². The molecule has 6 heteroatoms. The topological polar surface area (TPSA) is 62.8 Å². The minimum atomic E-state index is -0.206. The van der Waals surface area contributed by atoms with Gasteiger partial charge in [-0.15, -0.1) is 0 Å². The Morgan fingerprint density at radius 2 is 1.77 bits per heavy atom. The monoisotopic (exact) mass is 357 g/mol. The van der Waals surface area contributed by atoms with E-state index in [0.29, 0.717) is 25.4 Å². The number of rotatable bonds is 9. The molecule has 0 saturated heterocycles. The molecule has 0 heterocycles. The summed E-state index contributed by atoms with van der Waals surface area (Å²) in [6.07, 6.45) is 0. The third-order valence-electron chi connectivity index (χ3n) is 3.96. The fourth-order valence-electron chi connectivity index (χ4n) is 2.55. The summed E-state index contributed by atoms with van der Waals surface area (Å²) < 4.78 is 10.7. The van der Waals surface area contributed by atoms with Gasteiger partial charge in [0.05, 0.1) is 19.7 Å². The molecule has 6 nitrogen and oxygen atoms in total. The van der Waals surface area contributed by atoms with Crippen molar-refractivity contribution in [1.29, 1.82) is 0 Å². The summed E-state index contributed by atoms with van der Waals surface area (Å²) in [5, 5.41) is 5.71. The van der Waals surface area contributed by atoms with Crippen LogP contribution in [0.1, 0.15) is 11.6 Å². The van der Waals surface area contributed by atoms with Crippen LogP contribution in [0.2, 0.25) is 0 Å². The van der Waals surface area contributed by atoms with Crippen molar-refractivity contribution in [3.63, 3.8) is 0 Å². The SMILES string of the molecule is COc1cccc(OCCNC(=O)NCC(c2ccccc2)N(C)C)c1. The molecule has 26 heavy (non-hydrogen) atoms. The molecule has 1 unspecified atom stereocenters. The van der Waals surface area contributed by atoms with Crippen LogP contribution in [0, 0.1) is 0 Å². The number of carbonyl (C=O) groups is 1. The Morgan fingerprint density at radius 1 is 1.04 bits per heavy atom. The average molecular weight is 357 g/mol. The lowest BCUT2D eigenvalue weighted by molar-refractivity contribution is 0.229. The van der Waals surface area contributed by atoms with Crippen LogP contribution in [0.15, 0.2) is 54.6 Å². The highest BCUT2D eigenvalue weighted by Crippen LogP contribution is 2.18. The van der Waals surface area contributed by atoms with Gasteiger partial charge in [0.25, 0.3) is 0 Å². The lowest BCUT2D eigenvalue weighted by atomic mass is 10.1. The predicted molar refractivity (Wildman–Crippen MR) is 103 cm³/mol. The molecule has 0 aromatic heterocycles. The molecule has 0 saturated carbocycles. The Bertz CT molecular complexity index is 677. The number of amides is 2. The van der Waals surface area contributed by atoms with Crippen molar-refractivity contribution in [2.24, 2.45) is 0 Å². The zero-order valence-electron chi connectivity index (χ0n) is 15.6. The fraction of sp³-hybridized carbons (Fsp3) is 0.350. The van der Waals surface area contributed by atoms with Gasteiger partial charge in [0.1, 0.15) is 18.1 Å². The van der Waals surface area contributed by atoms with Crippen molar-refractivity contribution in [3.05, 3.63) is 60.2 Å². The molecule has 0 aliphatic rings. The Hall–Kier alpha value is -2.73. The molecule has 0 aliphatic heterocycles. The Morgan fingerprint density at radius 3 is 2.46 bits per heavy atom. The van der Waals surface area contributed by atoms with Crippen LogP contribution < -0.4 is 20.1 Å². The maximum absolute atomic E-state index is 12.0. The van der Waals surface area contributed by atoms with E-state index in [4.69, 9.17) is 9.47 Å². The first-order chi connectivity index (χ1) is 12.6. The summed E-state index contributed by atoms with van der Waals surface area (Å²) in [4.78, 5) is 14.1. The number of nitrogens with zero attached hydrogens (tertiary/aromatic N) is 1. The van der Waals surface area contributed by atoms with Crippen molar-refractivity contribution in [2.75, 3.05) is 40.9 Å². The van der Waals surface area contributed by atoms with Gasteiger partial charge in [-0.3, -0.25) is 0 Å². The first kappa shape index (κ1) is 19.6. The van der Waals surface area contributed by atoms with Crippen molar-refractivity contribution >= 4 is 6.03 Å². The van der Waals surface area contributed by atoms with Crippen molar-refractivity contribution in [3.8, 4) is 11.5 Å². The normalized spacial score (nSPS) is 11.7. The van der Waals surface area contributed by atoms with Gasteiger partial charge in [-0.05, 0) is 31.8 Å². The molecule has 0 bridgehead atoms. The summed E-state index contributed by atoms with van der Waals surface area (Å²) in [5.74, 6) is 1.45. The van der Waals surface area contributed by atoms with Crippen LogP contribution in [0.5, 0.6) is 11.5 Å². The van der Waals surface area contributed by atoms with E-state index in [-0.39, 0.29) is 12.1 Å². The van der Waals surface area contributed by atoms with Crippen LogP contribution in [0.3, 0.4) is 0 Å². The van der Waals surface area contributed by atoms with Crippen LogP contribution in [-0.2, 0) is 0 Å². The minimum Gasteiger partial charge on any atom is -0.497 e. The predicted octanol–water partition coefficient (Wildman–Crippen LogP) is 2.68. The highest BCUT2D eigenvalue weighted by molar-refractivity contribution is 5.73. The molecule has 0 spiro atoms. The number of benzene rings is 2. The molecule has 0 radical (unpaired) electrons. The molecule has 0 fully saturated rings. The van der Waals surface area contributed by atoms with Crippen molar-refractivity contribution < 1.29 is 14.3 Å². The summed E-state index contributed by atoms with van der Waals surface area (Å²) in [6, 6.07) is 17.4. The van der Waals surface area contributed by atoms with E-state index in [1.54, 1.807) is 7.11 Å². The molecular weight excluding hydrogens is 330 g/mol. The molecule has 2 aromatic rings. The molecule has 2 rings (SSSR count). The summed E-state index contributed by atoms with van der Waals surface area (Å²) in [5.41, 5.74) is 1.17. The van der Waals surface area contributed by atoms with E-state index in [1.807, 2.05) is 56.6 Å². The number of hydrogen-bond acceptors (Lipinski definition) is 4. The summed E-state index contributed by atoms with van der Waals surface area (Å²) >= 11 is 0. The number of carbonyl (C=O) groups excluding carboxylic acids is 1. The smallest absolute Gasteiger partial charge is 0.314 e. The van der Waals surface area contributed by atoms with E-state index in [2.05, 4.69) is 27.7 Å². The van der Waals surface area contributed by atoms with Gasteiger partial charge in [0.15, 0.2) is 0 Å². The molecule has 140 valence electrons. The standard InChI is InChI=1S/C20H27N3O3/c1-23(2)19(16-8-5-4-6-9-16)15-22-20(24)21-12-13-26-18-11-7-10-17(14-18)25-3/h4-11,14,19H,12-13,15H2,1-3H3,(H2,21,22,24). The van der Waals surface area contributed by atoms with E-state index in [9.17, 15) is 4.79 Å². The van der Waals surface area contributed by atoms with Crippen molar-refractivity contribution in [2.45, 2.75) is 6.04 Å². The van der Waals surface area contributed by atoms with Crippen LogP contribution in [-0.4, -0.2) is 51.8 Å². The second kappa shape index (κ2) is 10.3. The number of nitrogens with one attached hydrogen (secondary N) is 2. The minimum absolute atomic E-state index is 0.120. The van der Waals surface area contributed by atoms with Gasteiger partial charge >= 0.3 is 6.03 Å². The average Bonchev–Trinajstić information content (AvgIpc) is 2.66. The van der Waals surface area contributed by atoms with Crippen molar-refractivity contribution in [1.82, 2.24) is 15.5 Å². The summed E-state index contributed by atoms with van der Waals surface area (Å²) in [6.45, 7) is 1.33. The number of hydrogen-bond donors (Lipinski definition) is 2. The molecule has 1 atom stereocenters. The van der Waals surface area contributed by atoms with Crippen LogP contribution in [0.4, 0.5) is 4.79 Å². The largest absolute Gasteiger partial charge is 0.497 e. The van der Waals surface area contributed by atoms with Gasteiger partial charge < -0.3 is 25.0 Å². The fourth-order valence-corrected chi connectivity index (χ4v) is 2.55. The quantitative estimate of drug-likeness (QED) is 0.678. The first-order valence-corrected chi connectivity index (χ1v) is 8.60. The highest BCUT2D eigenvalue weighted by atomic mass is 16.5. The molecule has 2 aromatic carbocycles. The lowest BCUT2D eigenvalue weighted by Crippen LogP contribution is -2.41. The second-order valence-electron chi connectivity index (χ2n) is 6.05. The summed E-state index contributed by atoms with van der Waals surface area (Å²) in [7, 11) is 5.61. The molecule has 2 N–H and O–H groups in total. The van der Waals surface area contributed by atoms with E-state index in [0.717, 1.165) is 5.75 Å². The van der Waals surface area contributed by atoms with Gasteiger partial charge in [-0.1, -0.05) is 36.4 Å². The molecule has 0 aliphatic carbocycles.